The Labute approximate surface area is 119 Å². The van der Waals surface area contributed by atoms with Crippen LogP contribution in [0.15, 0.2) is 36.2 Å². The molecule has 0 heterocycles. The quantitative estimate of drug-likeness (QED) is 0.630. The molecule has 0 spiro atoms. The molecule has 0 aliphatic heterocycles. The molecular weight excluding hydrogens is 332 g/mol. The van der Waals surface area contributed by atoms with E-state index in [0.717, 1.165) is 0 Å². The standard InChI is InChI=1S/C12H7ClF8/c13-8-4-1-7(2-5-8)3-6-9(14)10(15,16)11(17,18)12(19,20)21/h1-2,4-6H,3H2/b9-6+. The van der Waals surface area contributed by atoms with Crippen LogP contribution in [0.25, 0.3) is 0 Å². The van der Waals surface area contributed by atoms with E-state index in [1.165, 1.54) is 24.3 Å². The molecule has 0 N–H and O–H groups in total. The number of rotatable bonds is 4. The van der Waals surface area contributed by atoms with E-state index in [1.54, 1.807) is 0 Å². The summed E-state index contributed by atoms with van der Waals surface area (Å²) in [5.74, 6) is -15.3. The van der Waals surface area contributed by atoms with Crippen LogP contribution in [0.4, 0.5) is 35.1 Å². The SMILES string of the molecule is F/C(=C/Cc1ccc(Cl)cc1)C(F)(F)C(F)(F)C(F)(F)F. The summed E-state index contributed by atoms with van der Waals surface area (Å²) in [6, 6.07) is 5.22. The van der Waals surface area contributed by atoms with Crippen molar-refractivity contribution in [3.05, 3.63) is 46.8 Å². The fraction of sp³-hybridized carbons (Fsp3) is 0.333. The van der Waals surface area contributed by atoms with Crippen molar-refractivity contribution in [2.24, 2.45) is 0 Å². The minimum absolute atomic E-state index is 0.0249. The highest BCUT2D eigenvalue weighted by Crippen LogP contribution is 2.50. The van der Waals surface area contributed by atoms with Gasteiger partial charge in [-0.25, -0.2) is 4.39 Å². The van der Waals surface area contributed by atoms with Gasteiger partial charge in [0.25, 0.3) is 0 Å². The Balaban J connectivity index is 2.97. The van der Waals surface area contributed by atoms with Crippen molar-refractivity contribution in [3.63, 3.8) is 0 Å². The van der Waals surface area contributed by atoms with Gasteiger partial charge in [0.15, 0.2) is 5.83 Å². The summed E-state index contributed by atoms with van der Waals surface area (Å²) < 4.78 is 99.6. The molecule has 0 bridgehead atoms. The maximum atomic E-state index is 13.1. The highest BCUT2D eigenvalue weighted by molar-refractivity contribution is 6.30. The molecule has 0 aromatic heterocycles. The third kappa shape index (κ3) is 3.66. The third-order valence-corrected chi connectivity index (χ3v) is 2.73. The van der Waals surface area contributed by atoms with E-state index in [4.69, 9.17) is 11.6 Å². The van der Waals surface area contributed by atoms with Crippen LogP contribution in [-0.4, -0.2) is 18.0 Å². The predicted molar refractivity (Wildman–Crippen MR) is 60.3 cm³/mol. The van der Waals surface area contributed by atoms with E-state index >= 15 is 0 Å². The van der Waals surface area contributed by atoms with Crippen molar-refractivity contribution in [2.45, 2.75) is 24.4 Å². The van der Waals surface area contributed by atoms with Crippen LogP contribution < -0.4 is 0 Å². The van der Waals surface area contributed by atoms with Crippen molar-refractivity contribution >= 4 is 11.6 Å². The Morgan fingerprint density at radius 3 is 1.86 bits per heavy atom. The van der Waals surface area contributed by atoms with Crippen molar-refractivity contribution in [1.82, 2.24) is 0 Å². The number of allylic oxidation sites excluding steroid dienone is 2. The molecule has 1 rings (SSSR count). The van der Waals surface area contributed by atoms with Gasteiger partial charge in [-0.15, -0.1) is 0 Å². The molecule has 0 amide bonds. The number of hydrogen-bond acceptors (Lipinski definition) is 0. The summed E-state index contributed by atoms with van der Waals surface area (Å²) in [4.78, 5) is 0. The average Bonchev–Trinajstić information content (AvgIpc) is 2.36. The fourth-order valence-corrected chi connectivity index (χ4v) is 1.41. The minimum Gasteiger partial charge on any atom is -0.205 e. The summed E-state index contributed by atoms with van der Waals surface area (Å²) in [5.41, 5.74) is 0.209. The lowest BCUT2D eigenvalue weighted by atomic mass is 10.1. The van der Waals surface area contributed by atoms with Gasteiger partial charge in [-0.3, -0.25) is 0 Å². The first-order valence-electron chi connectivity index (χ1n) is 5.32. The van der Waals surface area contributed by atoms with Gasteiger partial charge in [0.05, 0.1) is 0 Å². The van der Waals surface area contributed by atoms with Crippen molar-refractivity contribution in [1.29, 1.82) is 0 Å². The van der Waals surface area contributed by atoms with Crippen LogP contribution in [-0.2, 0) is 6.42 Å². The smallest absolute Gasteiger partial charge is 0.205 e. The third-order valence-electron chi connectivity index (χ3n) is 2.48. The van der Waals surface area contributed by atoms with Gasteiger partial charge in [0.2, 0.25) is 0 Å². The first kappa shape index (κ1) is 17.7. The van der Waals surface area contributed by atoms with Crippen molar-refractivity contribution in [3.8, 4) is 0 Å². The summed E-state index contributed by atoms with van der Waals surface area (Å²) in [6.45, 7) is 0. The second-order valence-corrected chi connectivity index (χ2v) is 4.47. The second-order valence-electron chi connectivity index (χ2n) is 4.03. The molecule has 9 heteroatoms. The van der Waals surface area contributed by atoms with Gasteiger partial charge in [-0.05, 0) is 30.2 Å². The molecule has 0 radical (unpaired) electrons. The molecule has 0 saturated carbocycles. The van der Waals surface area contributed by atoms with Gasteiger partial charge in [0, 0.05) is 5.02 Å². The Bertz CT molecular complexity index is 515. The summed E-state index contributed by atoms with van der Waals surface area (Å²) in [6.07, 6.45) is -7.18. The summed E-state index contributed by atoms with van der Waals surface area (Å²) in [7, 11) is 0. The molecule has 118 valence electrons. The molecular formula is C12H7ClF8. The van der Waals surface area contributed by atoms with Gasteiger partial charge in [-0.1, -0.05) is 23.7 Å². The molecule has 0 saturated heterocycles. The predicted octanol–water partition coefficient (Wildman–Crippen LogP) is 5.57. The highest BCUT2D eigenvalue weighted by Gasteiger charge is 2.74. The van der Waals surface area contributed by atoms with Crippen LogP contribution in [0.3, 0.4) is 0 Å². The van der Waals surface area contributed by atoms with Crippen LogP contribution in [0.5, 0.6) is 0 Å². The maximum Gasteiger partial charge on any atom is 0.460 e. The minimum atomic E-state index is -6.57. The lowest BCUT2D eigenvalue weighted by molar-refractivity contribution is -0.347. The van der Waals surface area contributed by atoms with E-state index in [9.17, 15) is 35.1 Å². The van der Waals surface area contributed by atoms with Gasteiger partial charge in [0.1, 0.15) is 0 Å². The zero-order valence-electron chi connectivity index (χ0n) is 10.00. The molecule has 0 atom stereocenters. The van der Waals surface area contributed by atoms with E-state index in [-0.39, 0.29) is 16.7 Å². The first-order chi connectivity index (χ1) is 9.39. The van der Waals surface area contributed by atoms with E-state index in [2.05, 4.69) is 0 Å². The number of hydrogen-bond donors (Lipinski definition) is 0. The van der Waals surface area contributed by atoms with E-state index < -0.39 is 30.3 Å². The normalized spacial score (nSPS) is 14.4. The number of benzene rings is 1. The van der Waals surface area contributed by atoms with Crippen LogP contribution in [0.1, 0.15) is 5.56 Å². The van der Waals surface area contributed by atoms with E-state index in [1.807, 2.05) is 0 Å². The number of alkyl halides is 7. The fourth-order valence-electron chi connectivity index (χ4n) is 1.28. The van der Waals surface area contributed by atoms with Gasteiger partial charge in [-0.2, -0.15) is 30.7 Å². The van der Waals surface area contributed by atoms with Crippen LogP contribution in [0.2, 0.25) is 5.02 Å². The zero-order chi connectivity index (χ0) is 16.5. The molecule has 0 unspecified atom stereocenters. The van der Waals surface area contributed by atoms with Crippen molar-refractivity contribution < 1.29 is 35.1 Å². The molecule has 0 aliphatic carbocycles. The van der Waals surface area contributed by atoms with Gasteiger partial charge < -0.3 is 0 Å². The molecule has 0 nitrogen and oxygen atoms in total. The second kappa shape index (κ2) is 5.82. The van der Waals surface area contributed by atoms with Gasteiger partial charge >= 0.3 is 18.0 Å². The lowest BCUT2D eigenvalue weighted by Crippen LogP contribution is -2.52. The molecule has 0 fully saturated rings. The zero-order valence-corrected chi connectivity index (χ0v) is 10.8. The van der Waals surface area contributed by atoms with E-state index in [0.29, 0.717) is 0 Å². The molecule has 1 aromatic carbocycles. The Hall–Kier alpha value is -1.31. The summed E-state index contributed by atoms with van der Waals surface area (Å²) >= 11 is 5.52. The Kier molecular flexibility index (Phi) is 4.92. The van der Waals surface area contributed by atoms with Crippen molar-refractivity contribution in [2.75, 3.05) is 0 Å². The first-order valence-corrected chi connectivity index (χ1v) is 5.70. The lowest BCUT2D eigenvalue weighted by Gasteiger charge is -2.26. The van der Waals surface area contributed by atoms with Crippen LogP contribution >= 0.6 is 11.6 Å². The molecule has 0 aliphatic rings. The largest absolute Gasteiger partial charge is 0.460 e. The topological polar surface area (TPSA) is 0 Å². The van der Waals surface area contributed by atoms with Crippen LogP contribution in [0, 0.1) is 0 Å². The molecule has 21 heavy (non-hydrogen) atoms. The highest BCUT2D eigenvalue weighted by atomic mass is 35.5. The maximum absolute atomic E-state index is 13.1. The Morgan fingerprint density at radius 1 is 0.952 bits per heavy atom. The Morgan fingerprint density at radius 2 is 1.43 bits per heavy atom. The average molecular weight is 339 g/mol. The monoisotopic (exact) mass is 338 g/mol. The molecule has 1 aromatic rings. The summed E-state index contributed by atoms with van der Waals surface area (Å²) in [5, 5.41) is 0.289. The number of halogens is 9.